The first-order valence-electron chi connectivity index (χ1n) is 9.14. The third kappa shape index (κ3) is 3.95. The summed E-state index contributed by atoms with van der Waals surface area (Å²) in [5.41, 5.74) is 5.77. The second-order valence-corrected chi connectivity index (χ2v) is 8.78. The van der Waals surface area contributed by atoms with E-state index in [1.165, 1.54) is 17.7 Å². The van der Waals surface area contributed by atoms with Crippen LogP contribution in [0.3, 0.4) is 0 Å². The minimum absolute atomic E-state index is 0.0192. The minimum Gasteiger partial charge on any atom is -0.462 e. The van der Waals surface area contributed by atoms with Crippen LogP contribution in [-0.4, -0.2) is 28.0 Å². The van der Waals surface area contributed by atoms with Crippen LogP contribution < -0.4 is 11.1 Å². The summed E-state index contributed by atoms with van der Waals surface area (Å²) in [7, 11) is 1.53. The number of nitrogens with two attached hydrogens (primary N) is 1. The van der Waals surface area contributed by atoms with Crippen LogP contribution in [0.1, 0.15) is 33.8 Å². The van der Waals surface area contributed by atoms with Crippen molar-refractivity contribution in [2.24, 2.45) is 18.7 Å². The van der Waals surface area contributed by atoms with Crippen molar-refractivity contribution < 1.29 is 18.7 Å². The van der Waals surface area contributed by atoms with Crippen molar-refractivity contribution in [3.05, 3.63) is 50.1 Å². The van der Waals surface area contributed by atoms with Crippen LogP contribution >= 0.6 is 34.2 Å². The van der Waals surface area contributed by atoms with E-state index in [-0.39, 0.29) is 34.7 Å². The summed E-state index contributed by atoms with van der Waals surface area (Å²) in [6, 6.07) is 6.62. The number of nitrogens with one attached hydrogen (secondary N) is 1. The van der Waals surface area contributed by atoms with Gasteiger partial charge in [-0.25, -0.2) is 14.2 Å². The number of aromatic nitrogens is 2. The molecule has 1 aromatic heterocycles. The molecular weight excluding hydrogens is 526 g/mol. The van der Waals surface area contributed by atoms with Crippen molar-refractivity contribution in [2.75, 3.05) is 11.9 Å². The summed E-state index contributed by atoms with van der Waals surface area (Å²) < 4.78 is 23.1. The number of carbonyl (C=O) groups excluding carboxylic acids is 2. The summed E-state index contributed by atoms with van der Waals surface area (Å²) in [6.45, 7) is 0.278. The zero-order chi connectivity index (χ0) is 21.6. The van der Waals surface area contributed by atoms with E-state index < -0.39 is 17.7 Å². The van der Waals surface area contributed by atoms with Crippen LogP contribution in [0.25, 0.3) is 11.0 Å². The number of hydrogen-bond acceptors (Lipinski definition) is 5. The summed E-state index contributed by atoms with van der Waals surface area (Å²) in [6.07, 6.45) is 2.02. The Hall–Kier alpha value is -2.40. The minimum atomic E-state index is -0.804. The Balaban J connectivity index is 1.85. The van der Waals surface area contributed by atoms with Gasteiger partial charge < -0.3 is 20.4 Å². The average Bonchev–Trinajstić information content (AvgIpc) is 3.46. The molecular formula is C20H17ClFIN4O3. The smallest absolute Gasteiger partial charge is 0.340 e. The fourth-order valence-corrected chi connectivity index (χ4v) is 3.97. The second-order valence-electron chi connectivity index (χ2n) is 7.13. The predicted octanol–water partition coefficient (Wildman–Crippen LogP) is 4.38. The fraction of sp³-hybridized carbons (Fsp3) is 0.250. The molecule has 3 N–H and O–H groups in total. The van der Waals surface area contributed by atoms with E-state index in [9.17, 15) is 9.59 Å². The number of anilines is 2. The first kappa shape index (κ1) is 20.9. The molecule has 3 aromatic rings. The standard InChI is InChI=1S/C20H17ClFIN4O3/c1-27-14-7-11(20(29)30-8-9-2-3-9)16(15(22)17(14)26-19(27)18(24)28)25-13-5-4-10(23)6-12(13)21/h4-7,9,25H,2-3,8H2,1H3,(H2,24,28). The van der Waals surface area contributed by atoms with E-state index in [0.29, 0.717) is 16.6 Å². The van der Waals surface area contributed by atoms with Crippen molar-refractivity contribution in [3.8, 4) is 0 Å². The number of nitrogens with zero attached hydrogens (tertiary/aromatic N) is 2. The number of primary amides is 1. The van der Waals surface area contributed by atoms with Gasteiger partial charge in [-0.05, 0) is 65.6 Å². The number of hydrogen-bond donors (Lipinski definition) is 2. The highest BCUT2D eigenvalue weighted by atomic mass is 127. The van der Waals surface area contributed by atoms with E-state index in [1.54, 1.807) is 18.2 Å². The molecule has 30 heavy (non-hydrogen) atoms. The van der Waals surface area contributed by atoms with Gasteiger partial charge in [0.15, 0.2) is 11.6 Å². The molecule has 1 saturated carbocycles. The number of amides is 1. The van der Waals surface area contributed by atoms with Crippen LogP contribution in [0.15, 0.2) is 24.3 Å². The van der Waals surface area contributed by atoms with Gasteiger partial charge in [-0.15, -0.1) is 0 Å². The maximum absolute atomic E-state index is 15.5. The third-order valence-corrected chi connectivity index (χ3v) is 5.88. The van der Waals surface area contributed by atoms with Gasteiger partial charge in [0.2, 0.25) is 0 Å². The van der Waals surface area contributed by atoms with E-state index in [2.05, 4.69) is 32.9 Å². The summed E-state index contributed by atoms with van der Waals surface area (Å²) in [5.74, 6) is -2.05. The molecule has 0 spiro atoms. The molecule has 10 heteroatoms. The molecule has 4 rings (SSSR count). The number of halogens is 3. The van der Waals surface area contributed by atoms with Gasteiger partial charge in [0.25, 0.3) is 5.91 Å². The zero-order valence-corrected chi connectivity index (χ0v) is 18.8. The third-order valence-electron chi connectivity index (χ3n) is 4.90. The number of esters is 1. The summed E-state index contributed by atoms with van der Waals surface area (Å²) in [4.78, 5) is 28.5. The Morgan fingerprint density at radius 3 is 2.77 bits per heavy atom. The Morgan fingerprint density at radius 1 is 1.40 bits per heavy atom. The normalized spacial score (nSPS) is 13.5. The van der Waals surface area contributed by atoms with Gasteiger partial charge >= 0.3 is 5.97 Å². The van der Waals surface area contributed by atoms with E-state index in [4.69, 9.17) is 22.1 Å². The van der Waals surface area contributed by atoms with Gasteiger partial charge in [0.05, 0.1) is 34.1 Å². The molecule has 2 aromatic carbocycles. The Labute approximate surface area is 189 Å². The Morgan fingerprint density at radius 2 is 2.13 bits per heavy atom. The number of fused-ring (bicyclic) bond motifs is 1. The molecule has 1 heterocycles. The van der Waals surface area contributed by atoms with Crippen molar-refractivity contribution in [1.82, 2.24) is 9.55 Å². The quantitative estimate of drug-likeness (QED) is 0.356. The largest absolute Gasteiger partial charge is 0.462 e. The Kier molecular flexibility index (Phi) is 5.58. The molecule has 0 bridgehead atoms. The molecule has 1 aliphatic rings. The highest BCUT2D eigenvalue weighted by molar-refractivity contribution is 14.1. The van der Waals surface area contributed by atoms with Crippen molar-refractivity contribution in [3.63, 3.8) is 0 Å². The number of imidazole rings is 1. The molecule has 0 unspecified atom stereocenters. The van der Waals surface area contributed by atoms with Crippen LogP contribution in [0.4, 0.5) is 15.8 Å². The number of rotatable bonds is 6. The topological polar surface area (TPSA) is 99.2 Å². The van der Waals surface area contributed by atoms with Crippen molar-refractivity contribution in [2.45, 2.75) is 12.8 Å². The molecule has 0 radical (unpaired) electrons. The monoisotopic (exact) mass is 542 g/mol. The maximum Gasteiger partial charge on any atom is 0.340 e. The van der Waals surface area contributed by atoms with E-state index >= 15 is 4.39 Å². The molecule has 0 saturated heterocycles. The number of benzene rings is 2. The lowest BCUT2D eigenvalue weighted by atomic mass is 10.1. The molecule has 1 amide bonds. The lowest BCUT2D eigenvalue weighted by Gasteiger charge is -2.15. The van der Waals surface area contributed by atoms with Crippen LogP contribution in [0.2, 0.25) is 5.02 Å². The Bertz CT molecular complexity index is 1190. The number of carbonyl (C=O) groups is 2. The lowest BCUT2D eigenvalue weighted by Crippen LogP contribution is -2.16. The lowest BCUT2D eigenvalue weighted by molar-refractivity contribution is 0.0487. The van der Waals surface area contributed by atoms with Crippen molar-refractivity contribution in [1.29, 1.82) is 0 Å². The predicted molar refractivity (Wildman–Crippen MR) is 120 cm³/mol. The molecule has 7 nitrogen and oxygen atoms in total. The van der Waals surface area contributed by atoms with E-state index in [0.717, 1.165) is 16.4 Å². The van der Waals surface area contributed by atoms with Gasteiger partial charge in [-0.3, -0.25) is 4.79 Å². The van der Waals surface area contributed by atoms with E-state index in [1.807, 2.05) is 0 Å². The molecule has 156 valence electrons. The summed E-state index contributed by atoms with van der Waals surface area (Å²) in [5, 5.41) is 3.25. The van der Waals surface area contributed by atoms with Crippen molar-refractivity contribution >= 4 is 68.5 Å². The molecule has 0 aliphatic heterocycles. The highest BCUT2D eigenvalue weighted by Gasteiger charge is 2.28. The summed E-state index contributed by atoms with van der Waals surface area (Å²) >= 11 is 8.38. The fourth-order valence-electron chi connectivity index (χ4n) is 3.07. The maximum atomic E-state index is 15.5. The SMILES string of the molecule is Cn1c(C(N)=O)nc2c(F)c(Nc3ccc(I)cc3Cl)c(C(=O)OCC3CC3)cc21. The van der Waals surface area contributed by atoms with Gasteiger partial charge in [0, 0.05) is 10.6 Å². The van der Waals surface area contributed by atoms with Crippen LogP contribution in [0.5, 0.6) is 0 Å². The molecule has 0 atom stereocenters. The van der Waals surface area contributed by atoms with Gasteiger partial charge in [-0.1, -0.05) is 11.6 Å². The first-order valence-corrected chi connectivity index (χ1v) is 10.6. The number of aryl methyl sites for hydroxylation is 1. The molecule has 1 aliphatic carbocycles. The molecule has 1 fully saturated rings. The second kappa shape index (κ2) is 8.03. The number of ether oxygens (including phenoxy) is 1. The zero-order valence-electron chi connectivity index (χ0n) is 15.8. The van der Waals surface area contributed by atoms with Crippen LogP contribution in [-0.2, 0) is 11.8 Å². The highest BCUT2D eigenvalue weighted by Crippen LogP contribution is 2.35. The van der Waals surface area contributed by atoms with Crippen LogP contribution in [0, 0.1) is 15.3 Å². The first-order chi connectivity index (χ1) is 14.3. The van der Waals surface area contributed by atoms with Gasteiger partial charge in [-0.2, -0.15) is 0 Å². The van der Waals surface area contributed by atoms with Gasteiger partial charge in [0.1, 0.15) is 5.52 Å². The average molecular weight is 543 g/mol.